The van der Waals surface area contributed by atoms with Crippen LogP contribution in [0.5, 0.6) is 0 Å². The fourth-order valence-corrected chi connectivity index (χ4v) is 1.72. The molecule has 0 bridgehead atoms. The molecule has 0 aliphatic heterocycles. The minimum Gasteiger partial charge on any atom is -0.272 e. The van der Waals surface area contributed by atoms with Gasteiger partial charge in [-0.05, 0) is 12.0 Å². The fourth-order valence-electron chi connectivity index (χ4n) is 1.72. The second-order valence-electron chi connectivity index (χ2n) is 3.55. The summed E-state index contributed by atoms with van der Waals surface area (Å²) in [6.45, 7) is 1.99. The smallest absolute Gasteiger partial charge is 0.255 e. The Balaban J connectivity index is 2.27. The van der Waals surface area contributed by atoms with Gasteiger partial charge in [-0.25, -0.2) is 4.98 Å². The minimum absolute atomic E-state index is 0.0359. The first kappa shape index (κ1) is 10.5. The maximum absolute atomic E-state index is 12.1. The average molecular weight is 215 g/mol. The number of nitrogens with zero attached hydrogens (tertiary/aromatic N) is 3. The molecular weight excluding hydrogens is 202 g/mol. The molecule has 2 aromatic rings. The summed E-state index contributed by atoms with van der Waals surface area (Å²) < 4.78 is 1.29. The highest BCUT2D eigenvalue weighted by Crippen LogP contribution is 2.20. The van der Waals surface area contributed by atoms with Gasteiger partial charge in [0.05, 0.1) is 5.92 Å². The molecule has 82 valence electrons. The van der Waals surface area contributed by atoms with E-state index >= 15 is 0 Å². The molecule has 2 rings (SSSR count). The Morgan fingerprint density at radius 2 is 2.12 bits per heavy atom. The van der Waals surface area contributed by atoms with Crippen molar-refractivity contribution >= 4 is 5.91 Å². The lowest BCUT2D eigenvalue weighted by Gasteiger charge is -2.13. The maximum Gasteiger partial charge on any atom is 0.255 e. The summed E-state index contributed by atoms with van der Waals surface area (Å²) in [5.74, 6) is -0.186. The topological polar surface area (TPSA) is 47.8 Å². The molecular formula is C12H13N3O. The van der Waals surface area contributed by atoms with E-state index in [1.54, 1.807) is 0 Å². The first-order valence-electron chi connectivity index (χ1n) is 5.26. The maximum atomic E-state index is 12.1. The third-order valence-corrected chi connectivity index (χ3v) is 2.55. The van der Waals surface area contributed by atoms with Crippen molar-refractivity contribution in [3.05, 3.63) is 48.5 Å². The molecule has 1 atom stereocenters. The number of carbonyl (C=O) groups is 1. The van der Waals surface area contributed by atoms with Crippen LogP contribution < -0.4 is 0 Å². The van der Waals surface area contributed by atoms with Crippen molar-refractivity contribution in [2.24, 2.45) is 0 Å². The van der Waals surface area contributed by atoms with Crippen LogP contribution in [0.3, 0.4) is 0 Å². The molecule has 16 heavy (non-hydrogen) atoms. The molecule has 4 heteroatoms. The third-order valence-electron chi connectivity index (χ3n) is 2.55. The summed E-state index contributed by atoms with van der Waals surface area (Å²) in [6.07, 6.45) is 3.56. The predicted octanol–water partition coefficient (Wildman–Crippen LogP) is 2.11. The van der Waals surface area contributed by atoms with Crippen LogP contribution in [0.1, 0.15) is 29.6 Å². The fraction of sp³-hybridized carbons (Fsp3) is 0.250. The van der Waals surface area contributed by atoms with Crippen molar-refractivity contribution in [1.29, 1.82) is 0 Å². The van der Waals surface area contributed by atoms with Gasteiger partial charge in [0.1, 0.15) is 12.7 Å². The predicted molar refractivity (Wildman–Crippen MR) is 60.1 cm³/mol. The molecule has 0 amide bonds. The quantitative estimate of drug-likeness (QED) is 0.787. The Morgan fingerprint density at radius 1 is 1.38 bits per heavy atom. The molecule has 4 nitrogen and oxygen atoms in total. The lowest BCUT2D eigenvalue weighted by atomic mass is 9.96. The van der Waals surface area contributed by atoms with E-state index in [2.05, 4.69) is 10.1 Å². The molecule has 0 spiro atoms. The number of hydrogen-bond acceptors (Lipinski definition) is 3. The van der Waals surface area contributed by atoms with Crippen molar-refractivity contribution in [2.45, 2.75) is 19.3 Å². The third kappa shape index (κ3) is 2.00. The normalized spacial score (nSPS) is 12.3. The van der Waals surface area contributed by atoms with Gasteiger partial charge in [-0.3, -0.25) is 4.79 Å². The molecule has 0 radical (unpaired) electrons. The van der Waals surface area contributed by atoms with Gasteiger partial charge in [-0.2, -0.15) is 9.78 Å². The number of aromatic nitrogens is 3. The standard InChI is InChI=1S/C12H13N3O/c1-2-11(10-6-4-3-5-7-10)12(16)15-9-13-8-14-15/h3-9,11H,2H2,1H3. The molecule has 0 aliphatic carbocycles. The van der Waals surface area contributed by atoms with Crippen LogP contribution >= 0.6 is 0 Å². The lowest BCUT2D eigenvalue weighted by molar-refractivity contribution is 0.0858. The molecule has 0 saturated heterocycles. The van der Waals surface area contributed by atoms with E-state index < -0.39 is 0 Å². The molecule has 1 aromatic heterocycles. The highest BCUT2D eigenvalue weighted by atomic mass is 16.2. The summed E-state index contributed by atoms with van der Waals surface area (Å²) in [4.78, 5) is 15.9. The van der Waals surface area contributed by atoms with Gasteiger partial charge in [-0.15, -0.1) is 0 Å². The van der Waals surface area contributed by atoms with E-state index in [1.165, 1.54) is 17.3 Å². The molecule has 0 N–H and O–H groups in total. The number of hydrogen-bond donors (Lipinski definition) is 0. The Bertz CT molecular complexity index is 450. The Kier molecular flexibility index (Phi) is 3.10. The highest BCUT2D eigenvalue weighted by molar-refractivity contribution is 5.84. The number of benzene rings is 1. The van der Waals surface area contributed by atoms with Crippen LogP contribution in [0.15, 0.2) is 43.0 Å². The van der Waals surface area contributed by atoms with E-state index in [0.29, 0.717) is 0 Å². The lowest BCUT2D eigenvalue weighted by Crippen LogP contribution is -2.20. The van der Waals surface area contributed by atoms with E-state index in [1.807, 2.05) is 37.3 Å². The molecule has 1 aromatic carbocycles. The van der Waals surface area contributed by atoms with Gasteiger partial charge in [0, 0.05) is 0 Å². The number of carbonyl (C=O) groups excluding carboxylic acids is 1. The van der Waals surface area contributed by atoms with E-state index in [4.69, 9.17) is 0 Å². The van der Waals surface area contributed by atoms with Gasteiger partial charge in [-0.1, -0.05) is 37.3 Å². The summed E-state index contributed by atoms with van der Waals surface area (Å²) in [7, 11) is 0. The molecule has 0 aliphatic rings. The summed E-state index contributed by atoms with van der Waals surface area (Å²) in [5.41, 5.74) is 1.02. The summed E-state index contributed by atoms with van der Waals surface area (Å²) >= 11 is 0. The second kappa shape index (κ2) is 4.70. The number of rotatable bonds is 3. The largest absolute Gasteiger partial charge is 0.272 e. The zero-order chi connectivity index (χ0) is 11.4. The van der Waals surface area contributed by atoms with Crippen molar-refractivity contribution in [3.63, 3.8) is 0 Å². The van der Waals surface area contributed by atoms with E-state index in [-0.39, 0.29) is 11.8 Å². The Labute approximate surface area is 93.9 Å². The zero-order valence-electron chi connectivity index (χ0n) is 9.08. The highest BCUT2D eigenvalue weighted by Gasteiger charge is 2.20. The molecule has 1 unspecified atom stereocenters. The molecule has 0 fully saturated rings. The summed E-state index contributed by atoms with van der Waals surface area (Å²) in [6, 6.07) is 9.74. The minimum atomic E-state index is -0.150. The summed E-state index contributed by atoms with van der Waals surface area (Å²) in [5, 5.41) is 3.87. The van der Waals surface area contributed by atoms with Crippen molar-refractivity contribution in [1.82, 2.24) is 14.8 Å². The van der Waals surface area contributed by atoms with Crippen molar-refractivity contribution in [3.8, 4) is 0 Å². The van der Waals surface area contributed by atoms with E-state index in [0.717, 1.165) is 12.0 Å². The Hall–Kier alpha value is -1.97. The van der Waals surface area contributed by atoms with Crippen LogP contribution in [0.4, 0.5) is 0 Å². The van der Waals surface area contributed by atoms with Crippen molar-refractivity contribution in [2.75, 3.05) is 0 Å². The zero-order valence-corrected chi connectivity index (χ0v) is 9.08. The second-order valence-corrected chi connectivity index (χ2v) is 3.55. The first-order chi connectivity index (χ1) is 7.83. The van der Waals surface area contributed by atoms with E-state index in [9.17, 15) is 4.79 Å². The average Bonchev–Trinajstić information content (AvgIpc) is 2.85. The van der Waals surface area contributed by atoms with Crippen LogP contribution in [0, 0.1) is 0 Å². The molecule has 0 saturated carbocycles. The van der Waals surface area contributed by atoms with Gasteiger partial charge >= 0.3 is 0 Å². The van der Waals surface area contributed by atoms with Gasteiger partial charge in [0.2, 0.25) is 0 Å². The van der Waals surface area contributed by atoms with Crippen LogP contribution in [0.25, 0.3) is 0 Å². The van der Waals surface area contributed by atoms with Gasteiger partial charge < -0.3 is 0 Å². The monoisotopic (exact) mass is 215 g/mol. The van der Waals surface area contributed by atoms with Crippen molar-refractivity contribution < 1.29 is 4.79 Å². The first-order valence-corrected chi connectivity index (χ1v) is 5.26. The van der Waals surface area contributed by atoms with Gasteiger partial charge in [0.25, 0.3) is 5.91 Å². The SMILES string of the molecule is CCC(C(=O)n1cncn1)c1ccccc1. The van der Waals surface area contributed by atoms with Crippen LogP contribution in [-0.4, -0.2) is 20.7 Å². The van der Waals surface area contributed by atoms with Crippen LogP contribution in [-0.2, 0) is 0 Å². The van der Waals surface area contributed by atoms with Crippen LogP contribution in [0.2, 0.25) is 0 Å². The van der Waals surface area contributed by atoms with Gasteiger partial charge in [0.15, 0.2) is 0 Å². The molecule has 1 heterocycles. The Morgan fingerprint density at radius 3 is 2.69 bits per heavy atom.